The second-order valence-corrected chi connectivity index (χ2v) is 4.95. The van der Waals surface area contributed by atoms with Gasteiger partial charge in [0.15, 0.2) is 5.78 Å². The Bertz CT molecular complexity index is 386. The molecular formula is C13H21N3O. The van der Waals surface area contributed by atoms with Crippen LogP contribution in [0.5, 0.6) is 0 Å². The molecule has 1 saturated heterocycles. The Morgan fingerprint density at radius 3 is 2.76 bits per heavy atom. The summed E-state index contributed by atoms with van der Waals surface area (Å²) in [4.78, 5) is 12.7. The van der Waals surface area contributed by atoms with E-state index in [2.05, 4.69) is 17.3 Å². The third-order valence-electron chi connectivity index (χ3n) is 3.82. The van der Waals surface area contributed by atoms with E-state index in [0.29, 0.717) is 0 Å². The number of piperidine rings is 1. The molecule has 2 heterocycles. The van der Waals surface area contributed by atoms with Crippen molar-refractivity contribution in [2.45, 2.75) is 32.6 Å². The molecule has 0 spiro atoms. The van der Waals surface area contributed by atoms with Crippen molar-refractivity contribution in [3.05, 3.63) is 18.0 Å². The molecular weight excluding hydrogens is 214 g/mol. The van der Waals surface area contributed by atoms with Gasteiger partial charge in [0.05, 0.1) is 0 Å². The SMILES string of the molecule is CCCC1(C(=O)c2ccnn2C)CCNCC1. The first-order valence-corrected chi connectivity index (χ1v) is 6.43. The lowest BCUT2D eigenvalue weighted by Crippen LogP contribution is -2.42. The number of nitrogens with zero attached hydrogens (tertiary/aromatic N) is 2. The van der Waals surface area contributed by atoms with Crippen molar-refractivity contribution in [3.8, 4) is 0 Å². The van der Waals surface area contributed by atoms with Crippen LogP contribution in [-0.4, -0.2) is 28.7 Å². The first-order chi connectivity index (χ1) is 8.19. The van der Waals surface area contributed by atoms with Crippen molar-refractivity contribution >= 4 is 5.78 Å². The minimum atomic E-state index is -0.159. The Balaban J connectivity index is 2.27. The molecule has 1 N–H and O–H groups in total. The molecule has 4 nitrogen and oxygen atoms in total. The van der Waals surface area contributed by atoms with Crippen molar-refractivity contribution in [1.82, 2.24) is 15.1 Å². The molecule has 0 bridgehead atoms. The number of nitrogens with one attached hydrogen (secondary N) is 1. The smallest absolute Gasteiger partial charge is 0.187 e. The van der Waals surface area contributed by atoms with E-state index in [1.807, 2.05) is 13.1 Å². The molecule has 0 aliphatic carbocycles. The zero-order chi connectivity index (χ0) is 12.3. The number of hydrogen-bond acceptors (Lipinski definition) is 3. The molecule has 1 fully saturated rings. The standard InChI is InChI=1S/C13H21N3O/c1-3-5-13(6-9-14-10-7-13)12(17)11-4-8-15-16(11)2/h4,8,14H,3,5-7,9-10H2,1-2H3. The Hall–Kier alpha value is -1.16. The molecule has 0 radical (unpaired) electrons. The van der Waals surface area contributed by atoms with E-state index >= 15 is 0 Å². The Kier molecular flexibility index (Phi) is 3.62. The van der Waals surface area contributed by atoms with Crippen LogP contribution < -0.4 is 5.32 Å². The quantitative estimate of drug-likeness (QED) is 0.809. The molecule has 0 aromatic carbocycles. The molecule has 0 amide bonds. The molecule has 94 valence electrons. The fourth-order valence-corrected chi connectivity index (χ4v) is 2.84. The summed E-state index contributed by atoms with van der Waals surface area (Å²) in [6.45, 7) is 4.05. The van der Waals surface area contributed by atoms with Crippen LogP contribution >= 0.6 is 0 Å². The molecule has 0 saturated carbocycles. The van der Waals surface area contributed by atoms with E-state index in [1.165, 1.54) is 0 Å². The van der Waals surface area contributed by atoms with Crippen LogP contribution in [0, 0.1) is 5.41 Å². The van der Waals surface area contributed by atoms with Gasteiger partial charge in [-0.15, -0.1) is 0 Å². The number of rotatable bonds is 4. The monoisotopic (exact) mass is 235 g/mol. The van der Waals surface area contributed by atoms with Gasteiger partial charge in [-0.2, -0.15) is 5.10 Å². The minimum Gasteiger partial charge on any atom is -0.317 e. The Labute approximate surface area is 102 Å². The van der Waals surface area contributed by atoms with E-state index < -0.39 is 0 Å². The molecule has 4 heteroatoms. The highest BCUT2D eigenvalue weighted by molar-refractivity contribution is 5.99. The average molecular weight is 235 g/mol. The maximum Gasteiger partial charge on any atom is 0.187 e. The molecule has 1 aromatic heterocycles. The summed E-state index contributed by atoms with van der Waals surface area (Å²) in [5.74, 6) is 0.279. The number of aryl methyl sites for hydroxylation is 1. The van der Waals surface area contributed by atoms with E-state index in [1.54, 1.807) is 10.9 Å². The summed E-state index contributed by atoms with van der Waals surface area (Å²) in [5, 5.41) is 7.44. The largest absolute Gasteiger partial charge is 0.317 e. The Morgan fingerprint density at radius 2 is 2.24 bits per heavy atom. The van der Waals surface area contributed by atoms with Crippen LogP contribution in [0.15, 0.2) is 12.3 Å². The topological polar surface area (TPSA) is 46.9 Å². The van der Waals surface area contributed by atoms with Crippen LogP contribution in [0.3, 0.4) is 0 Å². The highest BCUT2D eigenvalue weighted by atomic mass is 16.1. The molecule has 17 heavy (non-hydrogen) atoms. The fraction of sp³-hybridized carbons (Fsp3) is 0.692. The number of Topliss-reactive ketones (excluding diaryl/α,β-unsaturated/α-hetero) is 1. The maximum absolute atomic E-state index is 12.7. The van der Waals surface area contributed by atoms with Gasteiger partial charge in [0, 0.05) is 18.7 Å². The highest BCUT2D eigenvalue weighted by Crippen LogP contribution is 2.37. The van der Waals surface area contributed by atoms with Gasteiger partial charge in [0.2, 0.25) is 0 Å². The van der Waals surface area contributed by atoms with E-state index in [-0.39, 0.29) is 11.2 Å². The van der Waals surface area contributed by atoms with Gasteiger partial charge in [-0.05, 0) is 38.4 Å². The van der Waals surface area contributed by atoms with Crippen molar-refractivity contribution in [2.75, 3.05) is 13.1 Å². The number of hydrogen-bond donors (Lipinski definition) is 1. The van der Waals surface area contributed by atoms with E-state index in [0.717, 1.165) is 44.5 Å². The summed E-state index contributed by atoms with van der Waals surface area (Å²) in [6.07, 6.45) is 5.64. The zero-order valence-corrected chi connectivity index (χ0v) is 10.7. The second-order valence-electron chi connectivity index (χ2n) is 4.95. The van der Waals surface area contributed by atoms with Gasteiger partial charge in [-0.3, -0.25) is 9.48 Å². The predicted octanol–water partition coefficient (Wildman–Crippen LogP) is 1.77. The van der Waals surface area contributed by atoms with Crippen molar-refractivity contribution in [2.24, 2.45) is 12.5 Å². The van der Waals surface area contributed by atoms with E-state index in [4.69, 9.17) is 0 Å². The number of ketones is 1. The normalized spacial score (nSPS) is 19.2. The highest BCUT2D eigenvalue weighted by Gasteiger charge is 2.39. The predicted molar refractivity (Wildman–Crippen MR) is 67.0 cm³/mol. The third-order valence-corrected chi connectivity index (χ3v) is 3.82. The van der Waals surface area contributed by atoms with Crippen LogP contribution in [0.1, 0.15) is 43.1 Å². The van der Waals surface area contributed by atoms with Gasteiger partial charge < -0.3 is 5.32 Å². The lowest BCUT2D eigenvalue weighted by atomic mass is 9.71. The number of carbonyl (C=O) groups is 1. The van der Waals surface area contributed by atoms with Crippen LogP contribution in [-0.2, 0) is 7.05 Å². The van der Waals surface area contributed by atoms with Crippen molar-refractivity contribution < 1.29 is 4.79 Å². The molecule has 0 atom stereocenters. The first-order valence-electron chi connectivity index (χ1n) is 6.43. The zero-order valence-electron chi connectivity index (χ0n) is 10.7. The average Bonchev–Trinajstić information content (AvgIpc) is 2.76. The minimum absolute atomic E-state index is 0.159. The lowest BCUT2D eigenvalue weighted by Gasteiger charge is -2.36. The van der Waals surface area contributed by atoms with Gasteiger partial charge >= 0.3 is 0 Å². The third kappa shape index (κ3) is 2.27. The van der Waals surface area contributed by atoms with Gasteiger partial charge in [-0.25, -0.2) is 0 Å². The van der Waals surface area contributed by atoms with Crippen molar-refractivity contribution in [3.63, 3.8) is 0 Å². The second kappa shape index (κ2) is 5.00. The Morgan fingerprint density at radius 1 is 1.53 bits per heavy atom. The summed E-state index contributed by atoms with van der Waals surface area (Å²) in [5.41, 5.74) is 0.591. The van der Waals surface area contributed by atoms with Crippen LogP contribution in [0.2, 0.25) is 0 Å². The fourth-order valence-electron chi connectivity index (χ4n) is 2.84. The summed E-state index contributed by atoms with van der Waals surface area (Å²) in [7, 11) is 1.84. The molecule has 1 aliphatic heterocycles. The van der Waals surface area contributed by atoms with Gasteiger partial charge in [0.25, 0.3) is 0 Å². The molecule has 1 aromatic rings. The summed E-state index contributed by atoms with van der Waals surface area (Å²) in [6, 6.07) is 1.84. The maximum atomic E-state index is 12.7. The number of carbonyl (C=O) groups excluding carboxylic acids is 1. The van der Waals surface area contributed by atoms with Gasteiger partial charge in [-0.1, -0.05) is 13.3 Å². The molecule has 1 aliphatic rings. The summed E-state index contributed by atoms with van der Waals surface area (Å²) < 4.78 is 1.70. The molecule has 2 rings (SSSR count). The first kappa shape index (κ1) is 12.3. The van der Waals surface area contributed by atoms with Gasteiger partial charge in [0.1, 0.15) is 5.69 Å². The van der Waals surface area contributed by atoms with Crippen molar-refractivity contribution in [1.29, 1.82) is 0 Å². The lowest BCUT2D eigenvalue weighted by molar-refractivity contribution is 0.0693. The van der Waals surface area contributed by atoms with E-state index in [9.17, 15) is 4.79 Å². The number of aromatic nitrogens is 2. The van der Waals surface area contributed by atoms with Crippen LogP contribution in [0.4, 0.5) is 0 Å². The summed E-state index contributed by atoms with van der Waals surface area (Å²) >= 11 is 0. The van der Waals surface area contributed by atoms with Crippen LogP contribution in [0.25, 0.3) is 0 Å². The molecule has 0 unspecified atom stereocenters.